The van der Waals surface area contributed by atoms with Crippen molar-refractivity contribution in [1.82, 2.24) is 25.1 Å². The smallest absolute Gasteiger partial charge is 0.230 e. The second-order valence-corrected chi connectivity index (χ2v) is 9.57. The molecule has 172 valence electrons. The first-order valence-corrected chi connectivity index (χ1v) is 12.3. The molecule has 1 aliphatic carbocycles. The van der Waals surface area contributed by atoms with Crippen molar-refractivity contribution >= 4 is 17.7 Å². The monoisotopic (exact) mass is 465 g/mol. The molecule has 9 heteroatoms. The average Bonchev–Trinajstić information content (AvgIpc) is 3.59. The number of fused-ring (bicyclic) bond motifs is 1. The number of nitrogens with one attached hydrogen (secondary N) is 1. The molecule has 1 atom stereocenters. The van der Waals surface area contributed by atoms with Crippen LogP contribution in [-0.4, -0.2) is 44.6 Å². The van der Waals surface area contributed by atoms with Crippen LogP contribution in [0.3, 0.4) is 0 Å². The summed E-state index contributed by atoms with van der Waals surface area (Å²) in [6.45, 7) is 5.29. The highest BCUT2D eigenvalue weighted by Gasteiger charge is 2.30. The van der Waals surface area contributed by atoms with Crippen molar-refractivity contribution in [3.05, 3.63) is 48.3 Å². The molecule has 0 spiro atoms. The zero-order valence-electron chi connectivity index (χ0n) is 18.7. The van der Waals surface area contributed by atoms with E-state index in [4.69, 9.17) is 9.47 Å². The van der Waals surface area contributed by atoms with Gasteiger partial charge >= 0.3 is 0 Å². The summed E-state index contributed by atoms with van der Waals surface area (Å²) in [6.07, 6.45) is 5.72. The lowest BCUT2D eigenvalue weighted by molar-refractivity contribution is -0.119. The van der Waals surface area contributed by atoms with Crippen molar-refractivity contribution in [2.45, 2.75) is 43.9 Å². The van der Waals surface area contributed by atoms with Gasteiger partial charge in [-0.1, -0.05) is 31.7 Å². The molecule has 0 bridgehead atoms. The van der Waals surface area contributed by atoms with Gasteiger partial charge in [-0.15, -0.1) is 10.2 Å². The summed E-state index contributed by atoms with van der Waals surface area (Å²) in [6, 6.07) is 10.0. The second kappa shape index (κ2) is 9.43. The summed E-state index contributed by atoms with van der Waals surface area (Å²) in [7, 11) is 0. The number of hydrogen-bond donors (Lipinski definition) is 1. The van der Waals surface area contributed by atoms with E-state index in [0.29, 0.717) is 19.3 Å². The second-order valence-electron chi connectivity index (χ2n) is 8.62. The summed E-state index contributed by atoms with van der Waals surface area (Å²) in [5.41, 5.74) is 1.99. The molecule has 5 rings (SSSR count). The molecular weight excluding hydrogens is 438 g/mol. The van der Waals surface area contributed by atoms with Gasteiger partial charge in [0.25, 0.3) is 0 Å². The van der Waals surface area contributed by atoms with E-state index in [9.17, 15) is 4.79 Å². The molecule has 1 aromatic carbocycles. The fraction of sp³-hybridized carbons (Fsp3) is 0.417. The van der Waals surface area contributed by atoms with Crippen molar-refractivity contribution in [3.8, 4) is 22.9 Å². The number of carbonyl (C=O) groups excluding carboxylic acids is 1. The predicted octanol–water partition coefficient (Wildman–Crippen LogP) is 4.05. The van der Waals surface area contributed by atoms with E-state index in [-0.39, 0.29) is 23.6 Å². The van der Waals surface area contributed by atoms with E-state index >= 15 is 0 Å². The van der Waals surface area contributed by atoms with Crippen LogP contribution < -0.4 is 14.8 Å². The number of ether oxygens (including phenoxy) is 2. The van der Waals surface area contributed by atoms with Crippen LogP contribution >= 0.6 is 11.8 Å². The zero-order chi connectivity index (χ0) is 22.8. The van der Waals surface area contributed by atoms with Crippen molar-refractivity contribution in [2.75, 3.05) is 19.0 Å². The molecule has 1 saturated carbocycles. The van der Waals surface area contributed by atoms with Crippen LogP contribution in [0.25, 0.3) is 11.4 Å². The van der Waals surface area contributed by atoms with Crippen molar-refractivity contribution in [1.29, 1.82) is 0 Å². The molecule has 33 heavy (non-hydrogen) atoms. The Labute approximate surface area is 197 Å². The molecule has 3 aromatic rings. The van der Waals surface area contributed by atoms with Crippen LogP contribution in [0.5, 0.6) is 11.5 Å². The first-order chi connectivity index (χ1) is 16.1. The Hall–Kier alpha value is -3.07. The van der Waals surface area contributed by atoms with Gasteiger partial charge in [-0.3, -0.25) is 14.3 Å². The normalized spacial score (nSPS) is 16.0. The first kappa shape index (κ1) is 21.8. The lowest BCUT2D eigenvalue weighted by Gasteiger charge is -2.25. The van der Waals surface area contributed by atoms with E-state index < -0.39 is 0 Å². The summed E-state index contributed by atoms with van der Waals surface area (Å²) in [4.78, 5) is 17.0. The summed E-state index contributed by atoms with van der Waals surface area (Å²) < 4.78 is 13.5. The number of pyridine rings is 1. The standard InChI is InChI=1S/C24H27N5O3S/c1-15(2)22(17-3-6-19-20(13-17)32-12-11-31-19)26-21(30)14-33-24-28-27-23(29(24)18-4-5-18)16-7-9-25-10-8-16/h3,6-10,13,15,18,22H,4-5,11-12,14H2,1-2H3,(H,26,30)/t22-/m1/s1. The fourth-order valence-electron chi connectivity index (χ4n) is 3.97. The number of carbonyl (C=O) groups is 1. The number of nitrogens with zero attached hydrogens (tertiary/aromatic N) is 4. The molecule has 0 unspecified atom stereocenters. The van der Waals surface area contributed by atoms with E-state index in [2.05, 4.69) is 38.9 Å². The minimum absolute atomic E-state index is 0.0376. The van der Waals surface area contributed by atoms with Crippen LogP contribution in [0.1, 0.15) is 44.3 Å². The van der Waals surface area contributed by atoms with Gasteiger partial charge in [-0.25, -0.2) is 0 Å². The number of thioether (sulfide) groups is 1. The molecule has 0 radical (unpaired) electrons. The number of aromatic nitrogens is 4. The van der Waals surface area contributed by atoms with Gasteiger partial charge in [0.1, 0.15) is 13.2 Å². The maximum atomic E-state index is 12.9. The highest BCUT2D eigenvalue weighted by molar-refractivity contribution is 7.99. The summed E-state index contributed by atoms with van der Waals surface area (Å²) >= 11 is 1.43. The Morgan fingerprint density at radius 1 is 1.12 bits per heavy atom. The number of benzene rings is 1. The van der Waals surface area contributed by atoms with E-state index in [1.54, 1.807) is 12.4 Å². The lowest BCUT2D eigenvalue weighted by Crippen LogP contribution is -2.33. The molecule has 1 amide bonds. The minimum Gasteiger partial charge on any atom is -0.486 e. The Balaban J connectivity index is 1.28. The van der Waals surface area contributed by atoms with Crippen molar-refractivity contribution in [3.63, 3.8) is 0 Å². The van der Waals surface area contributed by atoms with Gasteiger partial charge in [0.2, 0.25) is 5.91 Å². The summed E-state index contributed by atoms with van der Waals surface area (Å²) in [5, 5.41) is 12.8. The molecule has 1 fully saturated rings. The van der Waals surface area contributed by atoms with Gasteiger partial charge in [0.15, 0.2) is 22.5 Å². The fourth-order valence-corrected chi connectivity index (χ4v) is 4.79. The molecule has 0 saturated heterocycles. The molecule has 1 N–H and O–H groups in total. The Bertz CT molecular complexity index is 1130. The van der Waals surface area contributed by atoms with Crippen LogP contribution in [0, 0.1) is 5.92 Å². The average molecular weight is 466 g/mol. The first-order valence-electron chi connectivity index (χ1n) is 11.3. The molecule has 2 aromatic heterocycles. The van der Waals surface area contributed by atoms with Gasteiger partial charge in [-0.05, 0) is 48.6 Å². The quantitative estimate of drug-likeness (QED) is 0.502. The number of rotatable bonds is 8. The van der Waals surface area contributed by atoms with Crippen LogP contribution in [-0.2, 0) is 4.79 Å². The SMILES string of the molecule is CC(C)[C@@H](NC(=O)CSc1nnc(-c2ccncc2)n1C1CC1)c1ccc2c(c1)OCCO2. The largest absolute Gasteiger partial charge is 0.486 e. The highest BCUT2D eigenvalue weighted by Crippen LogP contribution is 2.41. The minimum atomic E-state index is -0.123. The van der Waals surface area contributed by atoms with Gasteiger partial charge in [-0.2, -0.15) is 0 Å². The van der Waals surface area contributed by atoms with Crippen LogP contribution in [0.4, 0.5) is 0 Å². The molecule has 8 nitrogen and oxygen atoms in total. The lowest BCUT2D eigenvalue weighted by atomic mass is 9.95. The van der Waals surface area contributed by atoms with Crippen molar-refractivity contribution < 1.29 is 14.3 Å². The van der Waals surface area contributed by atoms with E-state index in [1.807, 2.05) is 30.3 Å². The highest BCUT2D eigenvalue weighted by atomic mass is 32.2. The van der Waals surface area contributed by atoms with Gasteiger partial charge in [0.05, 0.1) is 11.8 Å². The van der Waals surface area contributed by atoms with Gasteiger partial charge in [0, 0.05) is 24.0 Å². The number of amides is 1. The molecular formula is C24H27N5O3S. The molecule has 1 aliphatic heterocycles. The van der Waals surface area contributed by atoms with Crippen LogP contribution in [0.15, 0.2) is 47.9 Å². The Morgan fingerprint density at radius 3 is 2.61 bits per heavy atom. The molecule has 2 aliphatic rings. The maximum absolute atomic E-state index is 12.9. The van der Waals surface area contributed by atoms with Crippen molar-refractivity contribution in [2.24, 2.45) is 5.92 Å². The topological polar surface area (TPSA) is 91.2 Å². The number of hydrogen-bond acceptors (Lipinski definition) is 7. The van der Waals surface area contributed by atoms with E-state index in [0.717, 1.165) is 46.4 Å². The third-order valence-corrected chi connectivity index (χ3v) is 6.70. The summed E-state index contributed by atoms with van der Waals surface area (Å²) in [5.74, 6) is 2.76. The van der Waals surface area contributed by atoms with Gasteiger partial charge < -0.3 is 14.8 Å². The third-order valence-electron chi connectivity index (χ3n) is 5.76. The van der Waals surface area contributed by atoms with E-state index in [1.165, 1.54) is 11.8 Å². The van der Waals surface area contributed by atoms with Crippen LogP contribution in [0.2, 0.25) is 0 Å². The Morgan fingerprint density at radius 2 is 1.88 bits per heavy atom. The Kier molecular flexibility index (Phi) is 6.22. The maximum Gasteiger partial charge on any atom is 0.230 e. The zero-order valence-corrected chi connectivity index (χ0v) is 19.5. The third kappa shape index (κ3) is 4.83. The molecule has 3 heterocycles. The predicted molar refractivity (Wildman–Crippen MR) is 125 cm³/mol.